The summed E-state index contributed by atoms with van der Waals surface area (Å²) in [5.74, 6) is 0.997. The lowest BCUT2D eigenvalue weighted by Gasteiger charge is -2.11. The number of hydrogen-bond acceptors (Lipinski definition) is 3. The van der Waals surface area contributed by atoms with E-state index in [4.69, 9.17) is 0 Å². The molecule has 1 aromatic heterocycles. The molecule has 0 amide bonds. The van der Waals surface area contributed by atoms with Crippen molar-refractivity contribution < 1.29 is 4.39 Å². The van der Waals surface area contributed by atoms with Crippen molar-refractivity contribution >= 4 is 41.3 Å². The highest BCUT2D eigenvalue weighted by molar-refractivity contribution is 14.0. The first-order valence-corrected chi connectivity index (χ1v) is 8.59. The van der Waals surface area contributed by atoms with E-state index in [0.717, 1.165) is 35.2 Å². The first-order chi connectivity index (χ1) is 11.1. The number of hydrogen-bond donors (Lipinski definition) is 2. The molecule has 0 spiro atoms. The number of thiazole rings is 1. The maximum atomic E-state index is 12.9. The largest absolute Gasteiger partial charge is 0.356 e. The molecule has 0 saturated carbocycles. The minimum Gasteiger partial charge on any atom is -0.356 e. The second-order valence-corrected chi connectivity index (χ2v) is 6.45. The fraction of sp³-hybridized carbons (Fsp3) is 0.412. The van der Waals surface area contributed by atoms with E-state index >= 15 is 0 Å². The summed E-state index contributed by atoms with van der Waals surface area (Å²) < 4.78 is 12.9. The number of benzene rings is 1. The van der Waals surface area contributed by atoms with E-state index in [1.807, 2.05) is 0 Å². The van der Waals surface area contributed by atoms with Crippen LogP contribution in [0.1, 0.15) is 36.0 Å². The summed E-state index contributed by atoms with van der Waals surface area (Å²) in [4.78, 5) is 8.79. The predicted octanol–water partition coefficient (Wildman–Crippen LogP) is 3.93. The van der Waals surface area contributed by atoms with Crippen molar-refractivity contribution in [1.82, 2.24) is 15.6 Å². The molecule has 0 aliphatic heterocycles. The fourth-order valence-electron chi connectivity index (χ4n) is 2.04. The van der Waals surface area contributed by atoms with Gasteiger partial charge in [0.1, 0.15) is 5.82 Å². The van der Waals surface area contributed by atoms with Crippen LogP contribution in [0.25, 0.3) is 0 Å². The lowest BCUT2D eigenvalue weighted by Crippen LogP contribution is -2.37. The number of halogens is 2. The van der Waals surface area contributed by atoms with Crippen molar-refractivity contribution in [2.75, 3.05) is 13.6 Å². The van der Waals surface area contributed by atoms with Crippen LogP contribution in [-0.2, 0) is 13.0 Å². The molecule has 0 saturated heterocycles. The standard InChI is InChI=1S/C17H23FN4S.HI/c1-12(2)16-22-15(11-23-16)10-21-17(19-3)20-9-8-13-4-6-14(18)7-5-13;/h4-7,11-12H,8-10H2,1-3H3,(H2,19,20,21);1H. The maximum absolute atomic E-state index is 12.9. The number of aromatic nitrogens is 1. The molecule has 0 bridgehead atoms. The summed E-state index contributed by atoms with van der Waals surface area (Å²) in [6.07, 6.45) is 0.815. The van der Waals surface area contributed by atoms with Crippen LogP contribution in [-0.4, -0.2) is 24.5 Å². The van der Waals surface area contributed by atoms with E-state index in [1.54, 1.807) is 30.5 Å². The van der Waals surface area contributed by atoms with Crippen molar-refractivity contribution in [3.63, 3.8) is 0 Å². The molecule has 0 unspecified atom stereocenters. The Morgan fingerprint density at radius 2 is 1.96 bits per heavy atom. The molecule has 1 aromatic carbocycles. The zero-order valence-corrected chi connectivity index (χ0v) is 17.3. The number of nitrogens with zero attached hydrogens (tertiary/aromatic N) is 2. The van der Waals surface area contributed by atoms with Crippen LogP contribution in [0.15, 0.2) is 34.6 Å². The molecule has 24 heavy (non-hydrogen) atoms. The van der Waals surface area contributed by atoms with Gasteiger partial charge in [0.25, 0.3) is 0 Å². The fourth-order valence-corrected chi connectivity index (χ4v) is 2.88. The SMILES string of the molecule is CN=C(NCCc1ccc(F)cc1)NCc1csc(C(C)C)n1.I. The zero-order chi connectivity index (χ0) is 16.7. The van der Waals surface area contributed by atoms with E-state index in [2.05, 4.69) is 39.8 Å². The summed E-state index contributed by atoms with van der Waals surface area (Å²) in [7, 11) is 1.74. The number of rotatable bonds is 6. The van der Waals surface area contributed by atoms with E-state index in [-0.39, 0.29) is 29.8 Å². The maximum Gasteiger partial charge on any atom is 0.191 e. The molecule has 0 atom stereocenters. The van der Waals surface area contributed by atoms with Gasteiger partial charge < -0.3 is 10.6 Å². The van der Waals surface area contributed by atoms with Crippen LogP contribution in [0.4, 0.5) is 4.39 Å². The first-order valence-electron chi connectivity index (χ1n) is 7.71. The quantitative estimate of drug-likeness (QED) is 0.389. The van der Waals surface area contributed by atoms with Crippen molar-refractivity contribution in [2.24, 2.45) is 4.99 Å². The highest BCUT2D eigenvalue weighted by atomic mass is 127. The molecule has 1 heterocycles. The molecule has 0 aliphatic carbocycles. The van der Waals surface area contributed by atoms with Gasteiger partial charge in [0, 0.05) is 24.9 Å². The third-order valence-electron chi connectivity index (χ3n) is 3.34. The Morgan fingerprint density at radius 1 is 1.25 bits per heavy atom. The Morgan fingerprint density at radius 3 is 2.54 bits per heavy atom. The molecule has 132 valence electrons. The minimum absolute atomic E-state index is 0. The smallest absolute Gasteiger partial charge is 0.191 e. The summed E-state index contributed by atoms with van der Waals surface area (Å²) >= 11 is 1.69. The monoisotopic (exact) mass is 462 g/mol. The molecule has 0 fully saturated rings. The van der Waals surface area contributed by atoms with Gasteiger partial charge in [-0.15, -0.1) is 35.3 Å². The summed E-state index contributed by atoms with van der Waals surface area (Å²) in [6.45, 7) is 5.68. The first kappa shape index (κ1) is 20.8. The summed E-state index contributed by atoms with van der Waals surface area (Å²) in [5, 5.41) is 9.74. The highest BCUT2D eigenvalue weighted by Crippen LogP contribution is 2.18. The van der Waals surface area contributed by atoms with Crippen LogP contribution >= 0.6 is 35.3 Å². The van der Waals surface area contributed by atoms with Gasteiger partial charge >= 0.3 is 0 Å². The van der Waals surface area contributed by atoms with Gasteiger partial charge in [0.05, 0.1) is 17.2 Å². The molecule has 2 N–H and O–H groups in total. The molecular weight excluding hydrogens is 438 g/mol. The van der Waals surface area contributed by atoms with Crippen LogP contribution in [0.5, 0.6) is 0 Å². The normalized spacial score (nSPS) is 11.3. The molecule has 2 rings (SSSR count). The highest BCUT2D eigenvalue weighted by Gasteiger charge is 2.06. The minimum atomic E-state index is -0.205. The lowest BCUT2D eigenvalue weighted by molar-refractivity contribution is 0.626. The van der Waals surface area contributed by atoms with Crippen molar-refractivity contribution in [1.29, 1.82) is 0 Å². The van der Waals surface area contributed by atoms with Crippen molar-refractivity contribution in [2.45, 2.75) is 32.7 Å². The molecule has 2 aromatic rings. The molecule has 0 aliphatic rings. The summed E-state index contributed by atoms with van der Waals surface area (Å²) in [6, 6.07) is 6.57. The van der Waals surface area contributed by atoms with Crippen molar-refractivity contribution in [3.05, 3.63) is 51.7 Å². The van der Waals surface area contributed by atoms with Gasteiger partial charge in [-0.1, -0.05) is 26.0 Å². The topological polar surface area (TPSA) is 49.3 Å². The Kier molecular flexibility index (Phi) is 9.20. The van der Waals surface area contributed by atoms with Crippen LogP contribution in [0.2, 0.25) is 0 Å². The number of guanidine groups is 1. The third kappa shape index (κ3) is 6.72. The van der Waals surface area contributed by atoms with Crippen LogP contribution < -0.4 is 10.6 Å². The number of nitrogens with one attached hydrogen (secondary N) is 2. The van der Waals surface area contributed by atoms with Gasteiger partial charge in [0.15, 0.2) is 5.96 Å². The second-order valence-electron chi connectivity index (χ2n) is 5.56. The molecule has 4 nitrogen and oxygen atoms in total. The number of aliphatic imine (C=N–C) groups is 1. The van der Waals surface area contributed by atoms with Gasteiger partial charge in [-0.2, -0.15) is 0 Å². The van der Waals surface area contributed by atoms with E-state index in [1.165, 1.54) is 12.1 Å². The predicted molar refractivity (Wildman–Crippen MR) is 110 cm³/mol. The average molecular weight is 462 g/mol. The molecular formula is C17H24FIN4S. The van der Waals surface area contributed by atoms with Gasteiger partial charge in [-0.05, 0) is 24.1 Å². The molecule has 7 heteroatoms. The van der Waals surface area contributed by atoms with E-state index in [9.17, 15) is 4.39 Å². The van der Waals surface area contributed by atoms with Crippen LogP contribution in [0.3, 0.4) is 0 Å². The van der Waals surface area contributed by atoms with Gasteiger partial charge in [-0.3, -0.25) is 4.99 Å². The molecule has 0 radical (unpaired) electrons. The van der Waals surface area contributed by atoms with Gasteiger partial charge in [0.2, 0.25) is 0 Å². The van der Waals surface area contributed by atoms with Crippen molar-refractivity contribution in [3.8, 4) is 0 Å². The second kappa shape index (κ2) is 10.6. The van der Waals surface area contributed by atoms with Crippen LogP contribution in [0, 0.1) is 5.82 Å². The Hall–Kier alpha value is -1.22. The Balaban J connectivity index is 0.00000288. The third-order valence-corrected chi connectivity index (χ3v) is 4.54. The lowest BCUT2D eigenvalue weighted by atomic mass is 10.1. The van der Waals surface area contributed by atoms with E-state index < -0.39 is 0 Å². The Labute approximate surface area is 164 Å². The van der Waals surface area contributed by atoms with Gasteiger partial charge in [-0.25, -0.2) is 9.37 Å². The summed E-state index contributed by atoms with van der Waals surface area (Å²) in [5.41, 5.74) is 2.12. The average Bonchev–Trinajstić information content (AvgIpc) is 3.01. The Bertz CT molecular complexity index is 640. The zero-order valence-electron chi connectivity index (χ0n) is 14.2. The van der Waals surface area contributed by atoms with E-state index in [0.29, 0.717) is 12.5 Å².